The van der Waals surface area contributed by atoms with Gasteiger partial charge in [0, 0.05) is 37.4 Å². The third-order valence-electron chi connectivity index (χ3n) is 6.45. The van der Waals surface area contributed by atoms with Crippen molar-refractivity contribution in [3.63, 3.8) is 0 Å². The first-order chi connectivity index (χ1) is 17.0. The van der Waals surface area contributed by atoms with Gasteiger partial charge in [0.05, 0.1) is 25.0 Å². The number of aliphatic hydroxyl groups is 1. The standard InChI is InChI=1S/C25H36N6O4/c1-2-21-24(27-17-6-8-19(32)9-7-17)30-25(22(29-21)23(26)33)28-18-4-3-5-20(16-18)35-15-12-31-10-13-34-14-11-31/h3-5,16-17,19,32H,2,6-15H2,1H3,(H2,26,33)(H2,27,28,30)/t17-,19-. The molecule has 2 aromatic rings. The molecule has 5 N–H and O–H groups in total. The van der Waals surface area contributed by atoms with Crippen LogP contribution in [0.5, 0.6) is 5.75 Å². The number of nitrogens with zero attached hydrogens (tertiary/aromatic N) is 3. The molecule has 2 heterocycles. The highest BCUT2D eigenvalue weighted by atomic mass is 16.5. The van der Waals surface area contributed by atoms with Crippen LogP contribution in [0.15, 0.2) is 24.3 Å². The summed E-state index contributed by atoms with van der Waals surface area (Å²) in [5, 5.41) is 16.5. The fraction of sp³-hybridized carbons (Fsp3) is 0.560. The number of anilines is 3. The molecule has 1 aliphatic heterocycles. The van der Waals surface area contributed by atoms with Gasteiger partial charge in [0.25, 0.3) is 5.91 Å². The van der Waals surface area contributed by atoms with Gasteiger partial charge in [-0.3, -0.25) is 9.69 Å². The molecule has 0 unspecified atom stereocenters. The second kappa shape index (κ2) is 12.1. The summed E-state index contributed by atoms with van der Waals surface area (Å²) >= 11 is 0. The van der Waals surface area contributed by atoms with Gasteiger partial charge in [-0.15, -0.1) is 0 Å². The van der Waals surface area contributed by atoms with Crippen LogP contribution in [0.2, 0.25) is 0 Å². The number of aliphatic hydroxyl groups excluding tert-OH is 1. The van der Waals surface area contributed by atoms with Crippen molar-refractivity contribution >= 4 is 23.2 Å². The Hall–Kier alpha value is -2.95. The highest BCUT2D eigenvalue weighted by molar-refractivity contribution is 5.96. The number of carbonyl (C=O) groups is 1. The molecule has 0 spiro atoms. The number of nitrogens with one attached hydrogen (secondary N) is 2. The maximum Gasteiger partial charge on any atom is 0.271 e. The van der Waals surface area contributed by atoms with Gasteiger partial charge in [-0.25, -0.2) is 9.97 Å². The molecule has 35 heavy (non-hydrogen) atoms. The minimum Gasteiger partial charge on any atom is -0.492 e. The number of amides is 1. The number of aromatic nitrogens is 2. The van der Waals surface area contributed by atoms with E-state index in [0.29, 0.717) is 30.4 Å². The third kappa shape index (κ3) is 7.03. The van der Waals surface area contributed by atoms with E-state index < -0.39 is 5.91 Å². The molecule has 0 atom stereocenters. The number of primary amides is 1. The number of nitrogens with two attached hydrogens (primary N) is 1. The van der Waals surface area contributed by atoms with Crippen molar-refractivity contribution in [1.29, 1.82) is 0 Å². The van der Waals surface area contributed by atoms with Gasteiger partial charge in [-0.2, -0.15) is 0 Å². The quantitative estimate of drug-likeness (QED) is 0.401. The zero-order valence-electron chi connectivity index (χ0n) is 20.3. The van der Waals surface area contributed by atoms with E-state index in [0.717, 1.165) is 70.0 Å². The number of hydrogen-bond acceptors (Lipinski definition) is 9. The molecule has 2 fully saturated rings. The Morgan fingerprint density at radius 1 is 1.20 bits per heavy atom. The summed E-state index contributed by atoms with van der Waals surface area (Å²) in [5.41, 5.74) is 7.16. The summed E-state index contributed by atoms with van der Waals surface area (Å²) in [6.45, 7) is 6.75. The Bertz CT molecular complexity index is 990. The molecule has 2 aliphatic rings. The molecule has 1 saturated heterocycles. The maximum atomic E-state index is 12.2. The molecule has 1 amide bonds. The predicted molar refractivity (Wildman–Crippen MR) is 134 cm³/mol. The molecule has 0 bridgehead atoms. The Balaban J connectivity index is 1.46. The number of benzene rings is 1. The van der Waals surface area contributed by atoms with Crippen LogP contribution < -0.4 is 21.1 Å². The van der Waals surface area contributed by atoms with E-state index in [-0.39, 0.29) is 17.8 Å². The highest BCUT2D eigenvalue weighted by Gasteiger charge is 2.23. The molecule has 10 heteroatoms. The van der Waals surface area contributed by atoms with Crippen molar-refractivity contribution in [2.45, 2.75) is 51.2 Å². The lowest BCUT2D eigenvalue weighted by molar-refractivity contribution is 0.0322. The SMILES string of the molecule is CCc1nc(C(N)=O)c(Nc2cccc(OCCN3CCOCC3)c2)nc1N[C@H]1CC[C@H](O)CC1. The Morgan fingerprint density at radius 2 is 1.97 bits per heavy atom. The molecule has 1 aromatic heterocycles. The summed E-state index contributed by atoms with van der Waals surface area (Å²) in [4.78, 5) is 23.7. The molecule has 1 aliphatic carbocycles. The molecule has 190 valence electrons. The van der Waals surface area contributed by atoms with Crippen molar-refractivity contribution in [3.05, 3.63) is 35.7 Å². The van der Waals surface area contributed by atoms with Crippen molar-refractivity contribution in [3.8, 4) is 5.75 Å². The van der Waals surface area contributed by atoms with Crippen molar-refractivity contribution < 1.29 is 19.4 Å². The zero-order chi connectivity index (χ0) is 24.6. The first-order valence-corrected chi connectivity index (χ1v) is 12.5. The smallest absolute Gasteiger partial charge is 0.271 e. The lowest BCUT2D eigenvalue weighted by Gasteiger charge is -2.27. The summed E-state index contributed by atoms with van der Waals surface area (Å²) in [6.07, 6.45) is 3.61. The average Bonchev–Trinajstić information content (AvgIpc) is 2.86. The van der Waals surface area contributed by atoms with Gasteiger partial charge in [0.1, 0.15) is 18.2 Å². The summed E-state index contributed by atoms with van der Waals surface area (Å²) < 4.78 is 11.3. The van der Waals surface area contributed by atoms with Crippen molar-refractivity contribution in [2.24, 2.45) is 5.73 Å². The van der Waals surface area contributed by atoms with Crippen LogP contribution >= 0.6 is 0 Å². The lowest BCUT2D eigenvalue weighted by atomic mass is 9.93. The second-order valence-electron chi connectivity index (χ2n) is 9.04. The number of aryl methyl sites for hydroxylation is 1. The Labute approximate surface area is 206 Å². The number of rotatable bonds is 10. The van der Waals surface area contributed by atoms with E-state index in [1.165, 1.54) is 0 Å². The van der Waals surface area contributed by atoms with Crippen LogP contribution in [0, 0.1) is 0 Å². The monoisotopic (exact) mass is 484 g/mol. The van der Waals surface area contributed by atoms with Crippen molar-refractivity contribution in [1.82, 2.24) is 14.9 Å². The van der Waals surface area contributed by atoms with Crippen LogP contribution in [0.1, 0.15) is 48.8 Å². The molecule has 10 nitrogen and oxygen atoms in total. The fourth-order valence-electron chi connectivity index (χ4n) is 4.42. The third-order valence-corrected chi connectivity index (χ3v) is 6.45. The largest absolute Gasteiger partial charge is 0.492 e. The van der Waals surface area contributed by atoms with Crippen LogP contribution in [0.4, 0.5) is 17.3 Å². The zero-order valence-corrected chi connectivity index (χ0v) is 20.3. The molecule has 1 aromatic carbocycles. The first kappa shape index (κ1) is 25.2. The maximum absolute atomic E-state index is 12.2. The molecule has 0 radical (unpaired) electrons. The number of ether oxygens (including phenoxy) is 2. The number of carbonyl (C=O) groups excluding carboxylic acids is 1. The van der Waals surface area contributed by atoms with E-state index >= 15 is 0 Å². The van der Waals surface area contributed by atoms with E-state index in [1.54, 1.807) is 0 Å². The van der Waals surface area contributed by atoms with Crippen LogP contribution in [0.3, 0.4) is 0 Å². The number of hydrogen-bond donors (Lipinski definition) is 4. The van der Waals surface area contributed by atoms with Gasteiger partial charge < -0.3 is 30.9 Å². The van der Waals surface area contributed by atoms with Crippen LogP contribution in [-0.4, -0.2) is 77.5 Å². The van der Waals surface area contributed by atoms with E-state index in [1.807, 2.05) is 31.2 Å². The minimum absolute atomic E-state index is 0.102. The Kier molecular flexibility index (Phi) is 8.73. The molecule has 4 rings (SSSR count). The van der Waals surface area contributed by atoms with E-state index in [2.05, 4.69) is 20.5 Å². The van der Waals surface area contributed by atoms with E-state index in [4.69, 9.17) is 20.2 Å². The lowest BCUT2D eigenvalue weighted by Crippen LogP contribution is -2.38. The topological polar surface area (TPSA) is 135 Å². The highest BCUT2D eigenvalue weighted by Crippen LogP contribution is 2.27. The molecular weight excluding hydrogens is 448 g/mol. The van der Waals surface area contributed by atoms with Gasteiger partial charge in [-0.05, 0) is 44.2 Å². The van der Waals surface area contributed by atoms with Gasteiger partial charge in [0.2, 0.25) is 0 Å². The van der Waals surface area contributed by atoms with Gasteiger partial charge >= 0.3 is 0 Å². The molecular formula is C25H36N6O4. The molecule has 1 saturated carbocycles. The fourth-order valence-corrected chi connectivity index (χ4v) is 4.42. The van der Waals surface area contributed by atoms with Crippen molar-refractivity contribution in [2.75, 3.05) is 50.1 Å². The minimum atomic E-state index is -0.639. The summed E-state index contributed by atoms with van der Waals surface area (Å²) in [7, 11) is 0. The Morgan fingerprint density at radius 3 is 2.69 bits per heavy atom. The van der Waals surface area contributed by atoms with Gasteiger partial charge in [-0.1, -0.05) is 13.0 Å². The summed E-state index contributed by atoms with van der Waals surface area (Å²) in [5.74, 6) is 1.03. The normalized spacial score (nSPS) is 20.9. The van der Waals surface area contributed by atoms with Gasteiger partial charge in [0.15, 0.2) is 11.5 Å². The number of morpholine rings is 1. The average molecular weight is 485 g/mol. The van der Waals surface area contributed by atoms with Crippen LogP contribution in [-0.2, 0) is 11.2 Å². The predicted octanol–water partition coefficient (Wildman–Crippen LogP) is 2.31. The van der Waals surface area contributed by atoms with E-state index in [9.17, 15) is 9.90 Å². The first-order valence-electron chi connectivity index (χ1n) is 12.5. The second-order valence-corrected chi connectivity index (χ2v) is 9.04. The summed E-state index contributed by atoms with van der Waals surface area (Å²) in [6, 6.07) is 7.74. The van der Waals surface area contributed by atoms with Crippen LogP contribution in [0.25, 0.3) is 0 Å².